The molecule has 31 heavy (non-hydrogen) atoms. The standard InChI is InChI=1S/C18H20O2.C6H14.C3H8.C2H6/c1-7-16(8-2)10-17-11-18(9-12(3)13(17)4)20-15(6)14(5)19;1-5-6(2,3)4;1-3-2;1-2/h1,8-11,15H,4H2,2-3,5-6H3;5H2,1-4H3;3H2,1-2H3;1-2H3/b16-8-,17-10-;;;. The second kappa shape index (κ2) is 18.5. The number of hydrogen-bond donors (Lipinski definition) is 0. The van der Waals surface area contributed by atoms with Gasteiger partial charge in [0.1, 0.15) is 5.75 Å². The number of aryl methyl sites for hydroxylation is 1. The molecule has 0 heterocycles. The van der Waals surface area contributed by atoms with Crippen molar-refractivity contribution in [2.45, 2.75) is 102 Å². The molecule has 0 saturated carbocycles. The van der Waals surface area contributed by atoms with Crippen LogP contribution in [0.25, 0.3) is 12.7 Å². The monoisotopic (exact) mass is 428 g/mol. The number of benzene rings is 1. The Labute approximate surface area is 193 Å². The van der Waals surface area contributed by atoms with Crippen LogP contribution in [0.4, 0.5) is 0 Å². The minimum atomic E-state index is -0.466. The summed E-state index contributed by atoms with van der Waals surface area (Å²) in [6.07, 6.45) is 11.2. The van der Waals surface area contributed by atoms with Crippen LogP contribution in [0.5, 0.6) is 5.75 Å². The molecule has 176 valence electrons. The lowest BCUT2D eigenvalue weighted by atomic mass is 9.94. The Bertz CT molecular complexity index is 799. The molecule has 0 aliphatic carbocycles. The van der Waals surface area contributed by atoms with Crippen molar-refractivity contribution in [3.63, 3.8) is 0 Å². The molecule has 0 spiro atoms. The van der Waals surface area contributed by atoms with Crippen molar-refractivity contribution in [1.29, 1.82) is 0 Å². The summed E-state index contributed by atoms with van der Waals surface area (Å²) in [4.78, 5) is 11.3. The second-order valence-corrected chi connectivity index (χ2v) is 8.33. The summed E-state index contributed by atoms with van der Waals surface area (Å²) in [5, 5.41) is 1.81. The average molecular weight is 429 g/mol. The number of ketones is 1. The normalized spacial score (nSPS) is 12.0. The van der Waals surface area contributed by atoms with Crippen molar-refractivity contribution in [3.05, 3.63) is 39.8 Å². The van der Waals surface area contributed by atoms with E-state index in [0.717, 1.165) is 21.6 Å². The Hall–Kier alpha value is -2.27. The molecule has 1 aromatic carbocycles. The van der Waals surface area contributed by atoms with E-state index in [1.807, 2.05) is 52.0 Å². The smallest absolute Gasteiger partial charge is 0.169 e. The van der Waals surface area contributed by atoms with E-state index in [2.05, 4.69) is 54.0 Å². The zero-order valence-corrected chi connectivity index (χ0v) is 22.4. The molecule has 0 aromatic heterocycles. The van der Waals surface area contributed by atoms with Gasteiger partial charge in [-0.15, -0.1) is 6.42 Å². The highest BCUT2D eigenvalue weighted by atomic mass is 16.5. The Morgan fingerprint density at radius 2 is 1.68 bits per heavy atom. The lowest BCUT2D eigenvalue weighted by Gasteiger charge is -2.12. The Morgan fingerprint density at radius 3 is 2.00 bits per heavy atom. The first-order valence-corrected chi connectivity index (χ1v) is 11.5. The van der Waals surface area contributed by atoms with Crippen LogP contribution in [0, 0.1) is 24.7 Å². The highest BCUT2D eigenvalue weighted by Gasteiger charge is 2.09. The predicted octanol–water partition coefficient (Wildman–Crippen LogP) is 7.01. The number of ether oxygens (including phenoxy) is 1. The van der Waals surface area contributed by atoms with Gasteiger partial charge in [-0.2, -0.15) is 0 Å². The highest BCUT2D eigenvalue weighted by Crippen LogP contribution is 2.16. The minimum Gasteiger partial charge on any atom is -0.483 e. The number of rotatable bonds is 4. The van der Waals surface area contributed by atoms with E-state index in [1.165, 1.54) is 19.8 Å². The van der Waals surface area contributed by atoms with E-state index in [-0.39, 0.29) is 5.78 Å². The molecule has 0 fully saturated rings. The fourth-order valence-electron chi connectivity index (χ4n) is 1.67. The molecule has 1 atom stereocenters. The molecule has 2 nitrogen and oxygen atoms in total. The number of carbonyl (C=O) groups excluding carboxylic acids is 1. The quantitative estimate of drug-likeness (QED) is 0.482. The fraction of sp³-hybridized carbons (Fsp3) is 0.552. The molecular formula is C29H48O2. The van der Waals surface area contributed by atoms with Crippen LogP contribution in [0.1, 0.15) is 94.6 Å². The molecule has 1 rings (SSSR count). The van der Waals surface area contributed by atoms with E-state index in [1.54, 1.807) is 6.92 Å². The molecule has 0 aliphatic rings. The first-order chi connectivity index (χ1) is 14.4. The summed E-state index contributed by atoms with van der Waals surface area (Å²) in [6, 6.07) is 3.74. The van der Waals surface area contributed by atoms with Gasteiger partial charge in [0.2, 0.25) is 0 Å². The number of terminal acetylenes is 1. The van der Waals surface area contributed by atoms with E-state index in [9.17, 15) is 4.79 Å². The van der Waals surface area contributed by atoms with Gasteiger partial charge in [-0.3, -0.25) is 4.79 Å². The maximum absolute atomic E-state index is 11.3. The maximum atomic E-state index is 11.3. The molecule has 0 N–H and O–H groups in total. The fourth-order valence-corrected chi connectivity index (χ4v) is 1.67. The molecule has 0 bridgehead atoms. The van der Waals surface area contributed by atoms with Gasteiger partial charge in [0.15, 0.2) is 11.9 Å². The molecule has 0 amide bonds. The topological polar surface area (TPSA) is 26.3 Å². The largest absolute Gasteiger partial charge is 0.483 e. The lowest BCUT2D eigenvalue weighted by molar-refractivity contribution is -0.122. The first-order valence-electron chi connectivity index (χ1n) is 11.5. The number of hydrogen-bond acceptors (Lipinski definition) is 2. The molecule has 0 aliphatic heterocycles. The minimum absolute atomic E-state index is 0.00958. The summed E-state index contributed by atoms with van der Waals surface area (Å²) in [7, 11) is 0. The summed E-state index contributed by atoms with van der Waals surface area (Å²) in [6.45, 7) is 28.3. The van der Waals surface area contributed by atoms with Crippen LogP contribution in [-0.4, -0.2) is 11.9 Å². The van der Waals surface area contributed by atoms with Crippen LogP contribution in [0.3, 0.4) is 0 Å². The molecule has 0 radical (unpaired) electrons. The number of allylic oxidation sites excluding steroid dienone is 2. The van der Waals surface area contributed by atoms with Crippen molar-refractivity contribution >= 4 is 18.4 Å². The van der Waals surface area contributed by atoms with Crippen molar-refractivity contribution < 1.29 is 9.53 Å². The molecule has 0 saturated heterocycles. The third kappa shape index (κ3) is 17.1. The average Bonchev–Trinajstić information content (AvgIpc) is 2.71. The Kier molecular flexibility index (Phi) is 19.9. The van der Waals surface area contributed by atoms with Crippen molar-refractivity contribution in [2.24, 2.45) is 5.41 Å². The van der Waals surface area contributed by atoms with Crippen molar-refractivity contribution in [3.8, 4) is 18.1 Å². The van der Waals surface area contributed by atoms with Crippen LogP contribution in [-0.2, 0) is 4.79 Å². The summed E-state index contributed by atoms with van der Waals surface area (Å²) in [5.74, 6) is 3.25. The van der Waals surface area contributed by atoms with E-state index in [4.69, 9.17) is 11.2 Å². The van der Waals surface area contributed by atoms with Gasteiger partial charge in [0.05, 0.1) is 0 Å². The third-order valence-electron chi connectivity index (χ3n) is 4.22. The molecular weight excluding hydrogens is 380 g/mol. The Morgan fingerprint density at radius 1 is 1.23 bits per heavy atom. The van der Waals surface area contributed by atoms with Crippen LogP contribution < -0.4 is 15.2 Å². The van der Waals surface area contributed by atoms with Crippen LogP contribution in [0.15, 0.2) is 23.8 Å². The Balaban J connectivity index is -0.000000595. The summed E-state index contributed by atoms with van der Waals surface area (Å²) < 4.78 is 5.63. The summed E-state index contributed by atoms with van der Waals surface area (Å²) in [5.41, 5.74) is 2.32. The highest BCUT2D eigenvalue weighted by molar-refractivity contribution is 5.80. The molecule has 1 aromatic rings. The lowest BCUT2D eigenvalue weighted by Crippen LogP contribution is -2.28. The third-order valence-corrected chi connectivity index (χ3v) is 4.22. The first kappa shape index (κ1) is 33.4. The van der Waals surface area contributed by atoms with Crippen LogP contribution >= 0.6 is 0 Å². The van der Waals surface area contributed by atoms with E-state index >= 15 is 0 Å². The van der Waals surface area contributed by atoms with Gasteiger partial charge in [0.25, 0.3) is 0 Å². The van der Waals surface area contributed by atoms with Gasteiger partial charge >= 0.3 is 0 Å². The number of Topliss-reactive ketones (excluding diaryl/α,β-unsaturated/α-hetero) is 1. The zero-order chi connectivity index (χ0) is 25.2. The summed E-state index contributed by atoms with van der Waals surface area (Å²) >= 11 is 0. The SMILES string of the molecule is C#CC(/C=c1/cc(OC(C)C(C)=O)cc(C)c1=C)=C/C.CC.CCC.CCC(C)(C)C. The zero-order valence-electron chi connectivity index (χ0n) is 22.4. The van der Waals surface area contributed by atoms with Gasteiger partial charge in [-0.1, -0.05) is 86.8 Å². The molecule has 1 unspecified atom stereocenters. The van der Waals surface area contributed by atoms with Crippen molar-refractivity contribution in [2.75, 3.05) is 0 Å². The van der Waals surface area contributed by atoms with Gasteiger partial charge < -0.3 is 4.74 Å². The maximum Gasteiger partial charge on any atom is 0.169 e. The second-order valence-electron chi connectivity index (χ2n) is 8.33. The predicted molar refractivity (Wildman–Crippen MR) is 141 cm³/mol. The van der Waals surface area contributed by atoms with E-state index < -0.39 is 6.10 Å². The van der Waals surface area contributed by atoms with Gasteiger partial charge in [-0.25, -0.2) is 0 Å². The van der Waals surface area contributed by atoms with Crippen molar-refractivity contribution in [1.82, 2.24) is 0 Å². The van der Waals surface area contributed by atoms with Gasteiger partial charge in [-0.05, 0) is 67.3 Å². The van der Waals surface area contributed by atoms with E-state index in [0.29, 0.717) is 11.2 Å². The molecule has 2 heteroatoms. The number of carbonyl (C=O) groups is 1. The van der Waals surface area contributed by atoms with Gasteiger partial charge in [0, 0.05) is 5.57 Å². The van der Waals surface area contributed by atoms with Crippen LogP contribution in [0.2, 0.25) is 0 Å².